The Balaban J connectivity index is 1.54. The molecule has 4 rings (SSSR count). The molecule has 1 aliphatic rings. The summed E-state index contributed by atoms with van der Waals surface area (Å²) in [6.45, 7) is 4.99. The van der Waals surface area contributed by atoms with E-state index in [1.54, 1.807) is 24.3 Å². The van der Waals surface area contributed by atoms with Gasteiger partial charge >= 0.3 is 0 Å². The fraction of sp³-hybridized carbons (Fsp3) is 0.231. The van der Waals surface area contributed by atoms with Gasteiger partial charge in [-0.25, -0.2) is 9.38 Å². The lowest BCUT2D eigenvalue weighted by molar-refractivity contribution is 0.0971. The molecule has 164 valence electrons. The highest BCUT2D eigenvalue weighted by molar-refractivity contribution is 6.06. The highest BCUT2D eigenvalue weighted by Gasteiger charge is 2.22. The second kappa shape index (κ2) is 10.1. The van der Waals surface area contributed by atoms with E-state index in [0.717, 1.165) is 30.9 Å². The van der Waals surface area contributed by atoms with Crippen molar-refractivity contribution in [3.63, 3.8) is 0 Å². The average Bonchev–Trinajstić information content (AvgIpc) is 2.85. The molecule has 0 bridgehead atoms. The highest BCUT2D eigenvalue weighted by atomic mass is 19.1. The smallest absolute Gasteiger partial charge is 0.257 e. The number of anilines is 1. The lowest BCUT2D eigenvalue weighted by atomic mass is 10.1. The molecule has 6 heteroatoms. The average molecular weight is 431 g/mol. The van der Waals surface area contributed by atoms with E-state index in [4.69, 9.17) is 4.99 Å². The molecule has 0 spiro atoms. The van der Waals surface area contributed by atoms with Crippen LogP contribution in [-0.4, -0.2) is 42.9 Å². The van der Waals surface area contributed by atoms with Crippen LogP contribution in [0.4, 0.5) is 15.8 Å². The predicted octanol–water partition coefficient (Wildman–Crippen LogP) is 4.63. The fourth-order valence-electron chi connectivity index (χ4n) is 3.74. The van der Waals surface area contributed by atoms with Crippen molar-refractivity contribution in [2.75, 3.05) is 31.1 Å². The number of hydrogen-bond donors (Lipinski definition) is 1. The Morgan fingerprint density at radius 1 is 0.938 bits per heavy atom. The van der Waals surface area contributed by atoms with Crippen LogP contribution in [0.1, 0.15) is 22.8 Å². The number of aliphatic imine (C=N–C) groups is 1. The van der Waals surface area contributed by atoms with Gasteiger partial charge in [0.1, 0.15) is 5.82 Å². The Hall–Kier alpha value is -3.67. The second-order valence-corrected chi connectivity index (χ2v) is 7.73. The first-order valence-electron chi connectivity index (χ1n) is 10.9. The molecule has 0 atom stereocenters. The van der Waals surface area contributed by atoms with Gasteiger partial charge in [-0.05, 0) is 60.5 Å². The summed E-state index contributed by atoms with van der Waals surface area (Å²) < 4.78 is 13.3. The van der Waals surface area contributed by atoms with Gasteiger partial charge in [-0.1, -0.05) is 37.3 Å². The third-order valence-electron chi connectivity index (χ3n) is 5.59. The summed E-state index contributed by atoms with van der Waals surface area (Å²) >= 11 is 0. The van der Waals surface area contributed by atoms with E-state index in [0.29, 0.717) is 24.6 Å². The Morgan fingerprint density at radius 2 is 1.66 bits per heavy atom. The van der Waals surface area contributed by atoms with Crippen LogP contribution < -0.4 is 10.2 Å². The third kappa shape index (κ3) is 5.32. The molecule has 1 heterocycles. The number of benzene rings is 3. The summed E-state index contributed by atoms with van der Waals surface area (Å²) in [7, 11) is 0. The fourth-order valence-corrected chi connectivity index (χ4v) is 3.74. The number of guanidine groups is 1. The van der Waals surface area contributed by atoms with E-state index in [1.165, 1.54) is 17.7 Å². The van der Waals surface area contributed by atoms with Crippen molar-refractivity contribution in [3.8, 4) is 0 Å². The van der Waals surface area contributed by atoms with Crippen LogP contribution in [0.15, 0.2) is 83.9 Å². The van der Waals surface area contributed by atoms with Gasteiger partial charge in [-0.3, -0.25) is 10.1 Å². The number of piperazine rings is 1. The number of carbonyl (C=O) groups excluding carboxylic acids is 1. The van der Waals surface area contributed by atoms with Crippen LogP contribution in [0.3, 0.4) is 0 Å². The number of carbonyl (C=O) groups is 1. The number of nitrogens with one attached hydrogen (secondary N) is 1. The number of rotatable bonds is 4. The van der Waals surface area contributed by atoms with Gasteiger partial charge < -0.3 is 9.80 Å². The summed E-state index contributed by atoms with van der Waals surface area (Å²) in [5.41, 5.74) is 3.59. The standard InChI is InChI=1S/C26H27FN4O/c1-2-20-7-6-10-23(19-20)28-26(29-25(32)21-8-4-3-5-9-21)31-17-15-30(16-18-31)24-13-11-22(27)12-14-24/h3-14,19H,2,15-18H2,1H3,(H,28,29,32). The highest BCUT2D eigenvalue weighted by Crippen LogP contribution is 2.19. The van der Waals surface area contributed by atoms with Crippen LogP contribution in [0.2, 0.25) is 0 Å². The first kappa shape index (κ1) is 21.6. The zero-order chi connectivity index (χ0) is 22.3. The minimum absolute atomic E-state index is 0.183. The van der Waals surface area contributed by atoms with E-state index in [2.05, 4.69) is 28.1 Å². The summed E-state index contributed by atoms with van der Waals surface area (Å²) in [6.07, 6.45) is 0.922. The first-order valence-corrected chi connectivity index (χ1v) is 10.9. The summed E-state index contributed by atoms with van der Waals surface area (Å²) in [6, 6.07) is 23.8. The lowest BCUT2D eigenvalue weighted by Crippen LogP contribution is -2.53. The van der Waals surface area contributed by atoms with Crippen LogP contribution in [-0.2, 0) is 6.42 Å². The quantitative estimate of drug-likeness (QED) is 0.485. The zero-order valence-electron chi connectivity index (χ0n) is 18.2. The minimum atomic E-state index is -0.236. The Labute approximate surface area is 188 Å². The molecular formula is C26H27FN4O. The number of hydrogen-bond acceptors (Lipinski definition) is 3. The van der Waals surface area contributed by atoms with Gasteiger partial charge in [0, 0.05) is 37.4 Å². The summed E-state index contributed by atoms with van der Waals surface area (Å²) in [5.74, 6) is 0.127. The Kier molecular flexibility index (Phi) is 6.80. The molecule has 1 aliphatic heterocycles. The molecule has 1 fully saturated rings. The normalized spacial score (nSPS) is 14.4. The summed E-state index contributed by atoms with van der Waals surface area (Å²) in [4.78, 5) is 22.0. The van der Waals surface area contributed by atoms with Gasteiger partial charge in [0.05, 0.1) is 5.69 Å². The van der Waals surface area contributed by atoms with Crippen molar-refractivity contribution in [1.29, 1.82) is 0 Å². The van der Waals surface area contributed by atoms with Gasteiger partial charge in [-0.15, -0.1) is 0 Å². The van der Waals surface area contributed by atoms with Crippen molar-refractivity contribution >= 4 is 23.2 Å². The van der Waals surface area contributed by atoms with Crippen molar-refractivity contribution in [2.24, 2.45) is 4.99 Å². The van der Waals surface area contributed by atoms with Crippen LogP contribution in [0.25, 0.3) is 0 Å². The third-order valence-corrected chi connectivity index (χ3v) is 5.59. The molecule has 0 saturated carbocycles. The second-order valence-electron chi connectivity index (χ2n) is 7.73. The molecule has 0 radical (unpaired) electrons. The van der Waals surface area contributed by atoms with E-state index in [-0.39, 0.29) is 11.7 Å². The molecule has 32 heavy (non-hydrogen) atoms. The van der Waals surface area contributed by atoms with Crippen molar-refractivity contribution in [1.82, 2.24) is 10.2 Å². The number of amides is 1. The molecule has 5 nitrogen and oxygen atoms in total. The predicted molar refractivity (Wildman–Crippen MR) is 127 cm³/mol. The molecule has 1 saturated heterocycles. The van der Waals surface area contributed by atoms with Crippen LogP contribution >= 0.6 is 0 Å². The molecule has 1 N–H and O–H groups in total. The first-order chi connectivity index (χ1) is 15.6. The van der Waals surface area contributed by atoms with E-state index in [9.17, 15) is 9.18 Å². The molecule has 0 aliphatic carbocycles. The van der Waals surface area contributed by atoms with Crippen molar-refractivity contribution in [3.05, 3.63) is 95.8 Å². The Morgan fingerprint density at radius 3 is 2.34 bits per heavy atom. The molecule has 3 aromatic carbocycles. The van der Waals surface area contributed by atoms with Crippen LogP contribution in [0, 0.1) is 5.82 Å². The van der Waals surface area contributed by atoms with Gasteiger partial charge in [0.15, 0.2) is 0 Å². The van der Waals surface area contributed by atoms with E-state index >= 15 is 0 Å². The van der Waals surface area contributed by atoms with Gasteiger partial charge in [0.2, 0.25) is 5.96 Å². The molecule has 3 aromatic rings. The van der Waals surface area contributed by atoms with Gasteiger partial charge in [-0.2, -0.15) is 0 Å². The summed E-state index contributed by atoms with van der Waals surface area (Å²) in [5, 5.41) is 3.02. The number of nitrogens with zero attached hydrogens (tertiary/aromatic N) is 3. The van der Waals surface area contributed by atoms with E-state index < -0.39 is 0 Å². The number of aryl methyl sites for hydroxylation is 1. The maximum atomic E-state index is 13.3. The van der Waals surface area contributed by atoms with Gasteiger partial charge in [0.25, 0.3) is 5.91 Å². The zero-order valence-corrected chi connectivity index (χ0v) is 18.2. The number of halogens is 1. The van der Waals surface area contributed by atoms with Crippen molar-refractivity contribution in [2.45, 2.75) is 13.3 Å². The maximum absolute atomic E-state index is 13.3. The van der Waals surface area contributed by atoms with Crippen molar-refractivity contribution < 1.29 is 9.18 Å². The molecule has 0 unspecified atom stereocenters. The van der Waals surface area contributed by atoms with Crippen LogP contribution in [0.5, 0.6) is 0 Å². The maximum Gasteiger partial charge on any atom is 0.257 e. The SMILES string of the molecule is CCc1cccc(N=C(NC(=O)c2ccccc2)N2CCN(c3ccc(F)cc3)CC2)c1. The largest absolute Gasteiger partial charge is 0.368 e. The topological polar surface area (TPSA) is 47.9 Å². The molecular weight excluding hydrogens is 403 g/mol. The molecule has 0 aromatic heterocycles. The Bertz CT molecular complexity index is 1070. The monoisotopic (exact) mass is 430 g/mol. The molecule has 1 amide bonds. The lowest BCUT2D eigenvalue weighted by Gasteiger charge is -2.37. The minimum Gasteiger partial charge on any atom is -0.368 e. The van der Waals surface area contributed by atoms with E-state index in [1.807, 2.05) is 36.4 Å².